The zero-order chi connectivity index (χ0) is 19.4. The van der Waals surface area contributed by atoms with Crippen molar-refractivity contribution in [3.63, 3.8) is 0 Å². The van der Waals surface area contributed by atoms with Gasteiger partial charge in [-0.2, -0.15) is 0 Å². The summed E-state index contributed by atoms with van der Waals surface area (Å²) in [6.07, 6.45) is 3.76. The van der Waals surface area contributed by atoms with E-state index in [0.29, 0.717) is 11.1 Å². The molecule has 0 saturated carbocycles. The monoisotopic (exact) mass is 371 g/mol. The fourth-order valence-electron chi connectivity index (χ4n) is 5.06. The molecule has 1 unspecified atom stereocenters. The number of esters is 2. The summed E-state index contributed by atoms with van der Waals surface area (Å²) in [6.45, 7) is 5.38. The molecule has 2 aliphatic heterocycles. The van der Waals surface area contributed by atoms with Crippen LogP contribution in [0.1, 0.15) is 37.8 Å². The van der Waals surface area contributed by atoms with Crippen LogP contribution in [0.3, 0.4) is 0 Å². The SMILES string of the molecule is CN1CCC(C2(O)c3ccccc3C3(OC(=O)C=CC(=O)O3)C2(C)C)CC1. The Kier molecular flexibility index (Phi) is 3.98. The van der Waals surface area contributed by atoms with Crippen molar-refractivity contribution in [2.45, 2.75) is 38.1 Å². The van der Waals surface area contributed by atoms with E-state index in [2.05, 4.69) is 11.9 Å². The van der Waals surface area contributed by atoms with Crippen LogP contribution in [0, 0.1) is 11.3 Å². The number of carbonyl (C=O) groups excluding carboxylic acids is 2. The van der Waals surface area contributed by atoms with E-state index in [1.54, 1.807) is 12.1 Å². The lowest BCUT2D eigenvalue weighted by Crippen LogP contribution is -2.56. The molecule has 4 rings (SSSR count). The van der Waals surface area contributed by atoms with Gasteiger partial charge in [-0.3, -0.25) is 0 Å². The highest BCUT2D eigenvalue weighted by atomic mass is 16.7. The first-order valence-electron chi connectivity index (χ1n) is 9.37. The molecule has 1 aromatic rings. The third-order valence-electron chi connectivity index (χ3n) is 6.62. The second-order valence-electron chi connectivity index (χ2n) is 8.31. The molecule has 1 aliphatic carbocycles. The van der Waals surface area contributed by atoms with Gasteiger partial charge in [0.15, 0.2) is 0 Å². The van der Waals surface area contributed by atoms with Crippen LogP contribution < -0.4 is 0 Å². The van der Waals surface area contributed by atoms with Crippen LogP contribution in [0.15, 0.2) is 36.4 Å². The van der Waals surface area contributed by atoms with Crippen molar-refractivity contribution in [1.29, 1.82) is 0 Å². The molecule has 3 aliphatic rings. The molecular weight excluding hydrogens is 346 g/mol. The summed E-state index contributed by atoms with van der Waals surface area (Å²) in [4.78, 5) is 26.8. The summed E-state index contributed by atoms with van der Waals surface area (Å²) in [7, 11) is 2.07. The molecule has 6 heteroatoms. The molecule has 27 heavy (non-hydrogen) atoms. The maximum Gasteiger partial charge on any atom is 0.334 e. The highest BCUT2D eigenvalue weighted by Crippen LogP contribution is 2.65. The third kappa shape index (κ3) is 2.33. The molecule has 1 saturated heterocycles. The first-order chi connectivity index (χ1) is 12.7. The predicted octanol–water partition coefficient (Wildman–Crippen LogP) is 2.06. The number of ether oxygens (including phenoxy) is 2. The van der Waals surface area contributed by atoms with Gasteiger partial charge in [-0.15, -0.1) is 0 Å². The van der Waals surface area contributed by atoms with Crippen molar-refractivity contribution in [1.82, 2.24) is 4.90 Å². The minimum atomic E-state index is -1.67. The van der Waals surface area contributed by atoms with Gasteiger partial charge in [0.05, 0.1) is 5.41 Å². The Morgan fingerprint density at radius 2 is 1.52 bits per heavy atom. The van der Waals surface area contributed by atoms with Crippen molar-refractivity contribution in [2.24, 2.45) is 11.3 Å². The van der Waals surface area contributed by atoms with Gasteiger partial charge < -0.3 is 19.5 Å². The summed E-state index contributed by atoms with van der Waals surface area (Å²) in [6, 6.07) is 7.28. The second kappa shape index (κ2) is 5.91. The summed E-state index contributed by atoms with van der Waals surface area (Å²) < 4.78 is 11.5. The van der Waals surface area contributed by atoms with Crippen molar-refractivity contribution >= 4 is 11.9 Å². The molecule has 6 nitrogen and oxygen atoms in total. The number of piperidine rings is 1. The average molecular weight is 371 g/mol. The minimum Gasteiger partial charge on any atom is -0.414 e. The zero-order valence-corrected chi connectivity index (χ0v) is 15.9. The van der Waals surface area contributed by atoms with Crippen molar-refractivity contribution in [3.05, 3.63) is 47.5 Å². The predicted molar refractivity (Wildman–Crippen MR) is 97.3 cm³/mol. The number of likely N-dealkylation sites (tertiary alicyclic amines) is 1. The van der Waals surface area contributed by atoms with E-state index < -0.39 is 28.7 Å². The number of benzene rings is 1. The van der Waals surface area contributed by atoms with Gasteiger partial charge in [-0.1, -0.05) is 24.3 Å². The highest BCUT2D eigenvalue weighted by molar-refractivity contribution is 5.93. The van der Waals surface area contributed by atoms with E-state index in [9.17, 15) is 14.7 Å². The van der Waals surface area contributed by atoms with Crippen LogP contribution in [0.4, 0.5) is 0 Å². The van der Waals surface area contributed by atoms with E-state index in [0.717, 1.165) is 38.1 Å². The Morgan fingerprint density at radius 3 is 2.07 bits per heavy atom. The minimum absolute atomic E-state index is 0.0437. The van der Waals surface area contributed by atoms with Crippen LogP contribution in [-0.4, -0.2) is 42.1 Å². The van der Waals surface area contributed by atoms with Crippen LogP contribution in [-0.2, 0) is 30.5 Å². The number of aliphatic hydroxyl groups is 1. The lowest BCUT2D eigenvalue weighted by molar-refractivity contribution is -0.302. The Balaban J connectivity index is 1.91. The molecule has 0 aromatic heterocycles. The van der Waals surface area contributed by atoms with Crippen LogP contribution >= 0.6 is 0 Å². The van der Waals surface area contributed by atoms with E-state index in [1.807, 2.05) is 26.0 Å². The smallest absolute Gasteiger partial charge is 0.334 e. The van der Waals surface area contributed by atoms with E-state index >= 15 is 0 Å². The zero-order valence-electron chi connectivity index (χ0n) is 15.9. The summed E-state index contributed by atoms with van der Waals surface area (Å²) >= 11 is 0. The van der Waals surface area contributed by atoms with Gasteiger partial charge in [0.1, 0.15) is 5.60 Å². The molecular formula is C21H25NO5. The van der Waals surface area contributed by atoms with Crippen LogP contribution in [0.5, 0.6) is 0 Å². The molecule has 0 radical (unpaired) electrons. The van der Waals surface area contributed by atoms with Crippen LogP contribution in [0.2, 0.25) is 0 Å². The highest BCUT2D eigenvalue weighted by Gasteiger charge is 2.72. The van der Waals surface area contributed by atoms with Gasteiger partial charge in [-0.05, 0) is 58.3 Å². The number of rotatable bonds is 1. The van der Waals surface area contributed by atoms with E-state index in [-0.39, 0.29) is 5.92 Å². The Labute approximate surface area is 158 Å². The van der Waals surface area contributed by atoms with Crippen molar-refractivity contribution in [2.75, 3.05) is 20.1 Å². The lowest BCUT2D eigenvalue weighted by Gasteiger charge is -2.50. The Hall–Kier alpha value is -2.18. The number of hydrogen-bond acceptors (Lipinski definition) is 6. The molecule has 2 heterocycles. The molecule has 1 spiro atoms. The van der Waals surface area contributed by atoms with Crippen molar-refractivity contribution < 1.29 is 24.2 Å². The maximum absolute atomic E-state index is 12.3. The number of nitrogens with zero attached hydrogens (tertiary/aromatic N) is 1. The molecule has 0 bridgehead atoms. The van der Waals surface area contributed by atoms with E-state index in [4.69, 9.17) is 9.47 Å². The third-order valence-corrected chi connectivity index (χ3v) is 6.62. The molecule has 1 aromatic carbocycles. The van der Waals surface area contributed by atoms with Crippen LogP contribution in [0.25, 0.3) is 0 Å². The quantitative estimate of drug-likeness (QED) is 0.762. The molecule has 144 valence electrons. The van der Waals surface area contributed by atoms with E-state index in [1.165, 1.54) is 0 Å². The van der Waals surface area contributed by atoms with Crippen molar-refractivity contribution in [3.8, 4) is 0 Å². The maximum atomic E-state index is 12.3. The standard InChI is InChI=1S/C21H25NO5/c1-19(2)20(25,14-10-12-22(3)13-11-14)15-6-4-5-7-16(15)21(19)26-17(23)8-9-18(24)27-21/h4-9,14,25H,10-13H2,1-3H3. The van der Waals surface area contributed by atoms with Gasteiger partial charge in [0.25, 0.3) is 5.79 Å². The lowest BCUT2D eigenvalue weighted by atomic mass is 9.63. The fraction of sp³-hybridized carbons (Fsp3) is 0.524. The molecule has 0 amide bonds. The normalized spacial score (nSPS) is 29.9. The summed E-state index contributed by atoms with van der Waals surface area (Å²) in [5, 5.41) is 12.1. The number of fused-ring (bicyclic) bond motifs is 2. The Bertz CT molecular complexity index is 802. The summed E-state index contributed by atoms with van der Waals surface area (Å²) in [5.74, 6) is -3.02. The summed E-state index contributed by atoms with van der Waals surface area (Å²) in [5.41, 5.74) is -1.15. The largest absolute Gasteiger partial charge is 0.414 e. The van der Waals surface area contributed by atoms with Gasteiger partial charge >= 0.3 is 11.9 Å². The Morgan fingerprint density at radius 1 is 1.00 bits per heavy atom. The molecule has 1 N–H and O–H groups in total. The number of hydrogen-bond donors (Lipinski definition) is 1. The van der Waals surface area contributed by atoms with Gasteiger partial charge in [-0.25, -0.2) is 9.59 Å². The van der Waals surface area contributed by atoms with Gasteiger partial charge in [0.2, 0.25) is 0 Å². The topological polar surface area (TPSA) is 76.1 Å². The fourth-order valence-corrected chi connectivity index (χ4v) is 5.06. The molecule has 1 atom stereocenters. The average Bonchev–Trinajstić information content (AvgIpc) is 2.74. The second-order valence-corrected chi connectivity index (χ2v) is 8.31. The number of carbonyl (C=O) groups is 2. The molecule has 1 fully saturated rings. The first-order valence-corrected chi connectivity index (χ1v) is 9.37. The van der Waals surface area contributed by atoms with Gasteiger partial charge in [0, 0.05) is 17.7 Å². The first kappa shape index (κ1) is 18.2.